The van der Waals surface area contributed by atoms with Crippen LogP contribution in [-0.2, 0) is 31.4 Å². The molecular weight excluding hydrogens is 254 g/mol. The smallest absolute Gasteiger partial charge is 0.237 e. The molecule has 0 radical (unpaired) electrons. The molecule has 0 aromatic carbocycles. The molecule has 1 amide bonds. The molecule has 0 bridgehead atoms. The summed E-state index contributed by atoms with van der Waals surface area (Å²) in [5, 5.41) is 6.21. The van der Waals surface area contributed by atoms with Gasteiger partial charge in [-0.05, 0) is 19.1 Å². The van der Waals surface area contributed by atoms with E-state index in [-0.39, 0.29) is 11.9 Å². The highest BCUT2D eigenvalue weighted by Gasteiger charge is 2.25. The molecule has 1 aliphatic heterocycles. The van der Waals surface area contributed by atoms with E-state index < -0.39 is 0 Å². The van der Waals surface area contributed by atoms with Crippen LogP contribution in [0.25, 0.3) is 0 Å². The monoisotopic (exact) mass is 273 g/mol. The van der Waals surface area contributed by atoms with Crippen LogP contribution in [0.1, 0.15) is 22.8 Å². The maximum atomic E-state index is 12.2. The summed E-state index contributed by atoms with van der Waals surface area (Å²) in [5.41, 5.74) is 4.35. The topological polar surface area (TPSA) is 74.7 Å². The number of nitrogens with zero attached hydrogens (tertiary/aromatic N) is 2. The number of carbonyl (C=O) groups is 1. The van der Waals surface area contributed by atoms with Gasteiger partial charge in [0.1, 0.15) is 0 Å². The predicted molar refractivity (Wildman–Crippen MR) is 74.9 cm³/mol. The number of imidazole rings is 1. The highest BCUT2D eigenvalue weighted by molar-refractivity contribution is 5.82. The van der Waals surface area contributed by atoms with Gasteiger partial charge < -0.3 is 14.9 Å². The highest BCUT2D eigenvalue weighted by Crippen LogP contribution is 2.12. The lowest BCUT2D eigenvalue weighted by atomic mass is 10.0. The van der Waals surface area contributed by atoms with Crippen LogP contribution in [0.15, 0.2) is 18.5 Å². The summed E-state index contributed by atoms with van der Waals surface area (Å²) in [7, 11) is 2.01. The van der Waals surface area contributed by atoms with Crippen LogP contribution in [0.2, 0.25) is 0 Å². The molecule has 6 heteroatoms. The number of hydrogen-bond acceptors (Lipinski definition) is 3. The lowest BCUT2D eigenvalue weighted by Crippen LogP contribution is -2.47. The van der Waals surface area contributed by atoms with Crippen molar-refractivity contribution in [2.24, 2.45) is 7.05 Å². The van der Waals surface area contributed by atoms with Crippen molar-refractivity contribution in [3.63, 3.8) is 0 Å². The van der Waals surface area contributed by atoms with E-state index >= 15 is 0 Å². The average molecular weight is 273 g/mol. The van der Waals surface area contributed by atoms with Crippen molar-refractivity contribution < 1.29 is 4.79 Å². The van der Waals surface area contributed by atoms with E-state index in [9.17, 15) is 4.79 Å². The molecule has 2 aromatic heterocycles. The van der Waals surface area contributed by atoms with Gasteiger partial charge in [-0.25, -0.2) is 4.98 Å². The number of carbonyl (C=O) groups excluding carboxylic acids is 1. The van der Waals surface area contributed by atoms with Crippen molar-refractivity contribution in [2.75, 3.05) is 0 Å². The molecule has 1 atom stereocenters. The number of H-pyrrole nitrogens is 1. The summed E-state index contributed by atoms with van der Waals surface area (Å²) in [6.45, 7) is 3.26. The standard InChI is InChI=1S/C14H19N5O/c1-9-3-4-10(19(9)2)6-16-14(20)12-5-11-13(7-15-12)18-8-17-11/h3-4,8,12,15H,5-7H2,1-2H3,(H,16,20)(H,17,18). The second-order valence-corrected chi connectivity index (χ2v) is 5.21. The maximum Gasteiger partial charge on any atom is 0.237 e. The first-order chi connectivity index (χ1) is 9.65. The summed E-state index contributed by atoms with van der Waals surface area (Å²) in [4.78, 5) is 19.5. The first-order valence-electron chi connectivity index (χ1n) is 6.78. The van der Waals surface area contributed by atoms with Crippen molar-refractivity contribution in [3.05, 3.63) is 41.2 Å². The second-order valence-electron chi connectivity index (χ2n) is 5.21. The van der Waals surface area contributed by atoms with Gasteiger partial charge in [0.15, 0.2) is 0 Å². The van der Waals surface area contributed by atoms with Gasteiger partial charge in [-0.1, -0.05) is 0 Å². The Hall–Kier alpha value is -2.08. The summed E-state index contributed by atoms with van der Waals surface area (Å²) in [6, 6.07) is 3.89. The van der Waals surface area contributed by atoms with E-state index in [1.807, 2.05) is 20.0 Å². The Balaban J connectivity index is 1.59. The zero-order valence-electron chi connectivity index (χ0n) is 11.7. The highest BCUT2D eigenvalue weighted by atomic mass is 16.2. The van der Waals surface area contributed by atoms with E-state index in [1.54, 1.807) is 6.33 Å². The number of aromatic nitrogens is 3. The summed E-state index contributed by atoms with van der Waals surface area (Å²) >= 11 is 0. The number of hydrogen-bond donors (Lipinski definition) is 3. The minimum absolute atomic E-state index is 0.0255. The van der Waals surface area contributed by atoms with Gasteiger partial charge in [-0.3, -0.25) is 10.1 Å². The Morgan fingerprint density at radius 3 is 3.15 bits per heavy atom. The summed E-state index contributed by atoms with van der Waals surface area (Å²) in [6.07, 6.45) is 2.32. The molecule has 0 aliphatic carbocycles. The third kappa shape index (κ3) is 2.34. The Kier molecular flexibility index (Phi) is 3.31. The SMILES string of the molecule is Cc1ccc(CNC(=O)C2Cc3nc[nH]c3CN2)n1C. The fraction of sp³-hybridized carbons (Fsp3) is 0.429. The molecule has 2 aromatic rings. The third-order valence-corrected chi connectivity index (χ3v) is 3.97. The molecule has 6 nitrogen and oxygen atoms in total. The normalized spacial score (nSPS) is 17.8. The largest absolute Gasteiger partial charge is 0.350 e. The van der Waals surface area contributed by atoms with E-state index in [1.165, 1.54) is 5.69 Å². The van der Waals surface area contributed by atoms with Gasteiger partial charge in [0, 0.05) is 31.4 Å². The van der Waals surface area contributed by atoms with Crippen LogP contribution < -0.4 is 10.6 Å². The lowest BCUT2D eigenvalue weighted by molar-refractivity contribution is -0.123. The Morgan fingerprint density at radius 1 is 1.55 bits per heavy atom. The molecule has 3 N–H and O–H groups in total. The second kappa shape index (κ2) is 5.13. The van der Waals surface area contributed by atoms with Gasteiger partial charge in [-0.2, -0.15) is 0 Å². The van der Waals surface area contributed by atoms with Gasteiger partial charge in [0.2, 0.25) is 5.91 Å². The van der Waals surface area contributed by atoms with Crippen molar-refractivity contribution in [3.8, 4) is 0 Å². The van der Waals surface area contributed by atoms with Crippen LogP contribution in [0.5, 0.6) is 0 Å². The molecule has 3 rings (SSSR count). The Labute approximate surface area is 117 Å². The van der Waals surface area contributed by atoms with Gasteiger partial charge in [0.05, 0.1) is 30.3 Å². The molecule has 1 aliphatic rings. The lowest BCUT2D eigenvalue weighted by Gasteiger charge is -2.22. The molecule has 0 spiro atoms. The maximum absolute atomic E-state index is 12.2. The van der Waals surface area contributed by atoms with Crippen LogP contribution in [0.3, 0.4) is 0 Å². The third-order valence-electron chi connectivity index (χ3n) is 3.97. The number of fused-ring (bicyclic) bond motifs is 1. The molecule has 20 heavy (non-hydrogen) atoms. The van der Waals surface area contributed by atoms with Crippen LogP contribution in [0.4, 0.5) is 0 Å². The fourth-order valence-electron chi connectivity index (χ4n) is 2.50. The van der Waals surface area contributed by atoms with Crippen molar-refractivity contribution in [2.45, 2.75) is 32.5 Å². The molecule has 106 valence electrons. The summed E-state index contributed by atoms with van der Waals surface area (Å²) < 4.78 is 2.08. The molecule has 0 saturated heterocycles. The van der Waals surface area contributed by atoms with Crippen molar-refractivity contribution >= 4 is 5.91 Å². The number of rotatable bonds is 3. The molecule has 3 heterocycles. The molecular formula is C14H19N5O. The van der Waals surface area contributed by atoms with Crippen LogP contribution in [0, 0.1) is 6.92 Å². The van der Waals surface area contributed by atoms with E-state index in [0.717, 1.165) is 17.1 Å². The Morgan fingerprint density at radius 2 is 2.40 bits per heavy atom. The number of nitrogens with one attached hydrogen (secondary N) is 3. The fourth-order valence-corrected chi connectivity index (χ4v) is 2.50. The van der Waals surface area contributed by atoms with Crippen molar-refractivity contribution in [1.82, 2.24) is 25.2 Å². The molecule has 0 fully saturated rings. The van der Waals surface area contributed by atoms with E-state index in [2.05, 4.69) is 31.2 Å². The van der Waals surface area contributed by atoms with Crippen molar-refractivity contribution in [1.29, 1.82) is 0 Å². The van der Waals surface area contributed by atoms with Crippen LogP contribution in [-0.4, -0.2) is 26.5 Å². The molecule has 1 unspecified atom stereocenters. The zero-order chi connectivity index (χ0) is 14.1. The van der Waals surface area contributed by atoms with E-state index in [4.69, 9.17) is 0 Å². The van der Waals surface area contributed by atoms with Gasteiger partial charge >= 0.3 is 0 Å². The van der Waals surface area contributed by atoms with E-state index in [0.29, 0.717) is 19.5 Å². The predicted octanol–water partition coefficient (Wildman–Crippen LogP) is 0.387. The first kappa shape index (κ1) is 12.9. The quantitative estimate of drug-likeness (QED) is 0.757. The summed E-state index contributed by atoms with van der Waals surface area (Å²) in [5.74, 6) is 0.0255. The zero-order valence-corrected chi connectivity index (χ0v) is 11.7. The van der Waals surface area contributed by atoms with Gasteiger partial charge in [0.25, 0.3) is 0 Å². The first-order valence-corrected chi connectivity index (χ1v) is 6.78. The minimum Gasteiger partial charge on any atom is -0.350 e. The molecule has 0 saturated carbocycles. The van der Waals surface area contributed by atoms with Gasteiger partial charge in [-0.15, -0.1) is 0 Å². The number of aryl methyl sites for hydroxylation is 1. The van der Waals surface area contributed by atoms with Crippen LogP contribution >= 0.6 is 0 Å². The number of amides is 1. The average Bonchev–Trinajstić information content (AvgIpc) is 3.04. The minimum atomic E-state index is -0.202. The Bertz CT molecular complexity index is 627. The number of aromatic amines is 1.